The number of carbonyl (C=O) groups excluding carboxylic acids is 3. The number of hydrogen-bond acceptors (Lipinski definition) is 7. The molecule has 0 aromatic rings. The van der Waals surface area contributed by atoms with Crippen molar-refractivity contribution in [2.45, 2.75) is 38.0 Å². The fourth-order valence-corrected chi connectivity index (χ4v) is 3.62. The number of likely N-dealkylation sites (N-methyl/N-ethyl adjacent to an activating group) is 1. The van der Waals surface area contributed by atoms with E-state index in [1.54, 1.807) is 14.0 Å². The monoisotopic (exact) mass is 297 g/mol. The van der Waals surface area contributed by atoms with Gasteiger partial charge in [0.05, 0.1) is 5.92 Å². The van der Waals surface area contributed by atoms with Crippen molar-refractivity contribution >= 4 is 17.9 Å². The molecule has 0 aromatic heterocycles. The Kier molecular flexibility index (Phi) is 3.61. The topological polar surface area (TPSA) is 90.9 Å². The Morgan fingerprint density at radius 2 is 2.19 bits per heavy atom. The molecule has 5 unspecified atom stereocenters. The predicted octanol–water partition coefficient (Wildman–Crippen LogP) is -0.369. The van der Waals surface area contributed by atoms with Crippen molar-refractivity contribution in [2.75, 3.05) is 13.7 Å². The van der Waals surface area contributed by atoms with E-state index in [4.69, 9.17) is 14.2 Å². The molecule has 2 aliphatic carbocycles. The van der Waals surface area contributed by atoms with E-state index < -0.39 is 24.6 Å². The van der Waals surface area contributed by atoms with Gasteiger partial charge < -0.3 is 19.5 Å². The van der Waals surface area contributed by atoms with Gasteiger partial charge in [0, 0.05) is 11.8 Å². The zero-order chi connectivity index (χ0) is 15.1. The highest BCUT2D eigenvalue weighted by molar-refractivity contribution is 5.80. The van der Waals surface area contributed by atoms with Crippen LogP contribution < -0.4 is 5.32 Å². The van der Waals surface area contributed by atoms with E-state index in [1.807, 2.05) is 0 Å². The van der Waals surface area contributed by atoms with Crippen molar-refractivity contribution in [1.29, 1.82) is 0 Å². The Morgan fingerprint density at radius 3 is 2.90 bits per heavy atom. The molecule has 2 bridgehead atoms. The van der Waals surface area contributed by atoms with E-state index in [9.17, 15) is 14.4 Å². The van der Waals surface area contributed by atoms with Gasteiger partial charge in [0.15, 0.2) is 6.61 Å². The van der Waals surface area contributed by atoms with Crippen LogP contribution in [0.15, 0.2) is 0 Å². The van der Waals surface area contributed by atoms with Crippen LogP contribution >= 0.6 is 0 Å². The molecule has 1 N–H and O–H groups in total. The van der Waals surface area contributed by atoms with Gasteiger partial charge in [0.2, 0.25) is 0 Å². The smallest absolute Gasteiger partial charge is 0.344 e. The molecule has 7 heteroatoms. The average Bonchev–Trinajstić information content (AvgIpc) is 3.08. The van der Waals surface area contributed by atoms with E-state index in [-0.39, 0.29) is 35.9 Å². The van der Waals surface area contributed by atoms with Crippen LogP contribution in [-0.4, -0.2) is 49.8 Å². The summed E-state index contributed by atoms with van der Waals surface area (Å²) in [6, 6.07) is -0.475. The van der Waals surface area contributed by atoms with Crippen LogP contribution in [0, 0.1) is 17.8 Å². The molecule has 116 valence electrons. The lowest BCUT2D eigenvalue weighted by Crippen LogP contribution is -2.38. The van der Waals surface area contributed by atoms with Crippen LogP contribution in [0.1, 0.15) is 19.8 Å². The SMILES string of the molecule is CNC(C)C(=O)OCC(=O)OC1C2OC(=O)C3C[C@@H]1CC32. The second kappa shape index (κ2) is 5.29. The highest BCUT2D eigenvalue weighted by atomic mass is 16.6. The highest BCUT2D eigenvalue weighted by Crippen LogP contribution is 2.55. The summed E-state index contributed by atoms with van der Waals surface area (Å²) in [5, 5.41) is 2.73. The lowest BCUT2D eigenvalue weighted by molar-refractivity contribution is -0.170. The number of carbonyl (C=O) groups is 3. The minimum atomic E-state index is -0.594. The van der Waals surface area contributed by atoms with Crippen molar-refractivity contribution in [3.63, 3.8) is 0 Å². The van der Waals surface area contributed by atoms with Gasteiger partial charge in [-0.15, -0.1) is 0 Å². The molecule has 0 spiro atoms. The summed E-state index contributed by atoms with van der Waals surface area (Å²) >= 11 is 0. The quantitative estimate of drug-likeness (QED) is 0.547. The normalized spacial score (nSPS) is 37.2. The Balaban J connectivity index is 1.50. The first-order valence-electron chi connectivity index (χ1n) is 7.25. The maximum absolute atomic E-state index is 11.8. The molecular formula is C14H19NO6. The zero-order valence-corrected chi connectivity index (χ0v) is 12.0. The molecule has 1 heterocycles. The summed E-state index contributed by atoms with van der Waals surface area (Å²) < 4.78 is 15.5. The summed E-state index contributed by atoms with van der Waals surface area (Å²) in [6.45, 7) is 1.23. The first-order chi connectivity index (χ1) is 10.0. The van der Waals surface area contributed by atoms with Crippen LogP contribution in [0.25, 0.3) is 0 Å². The average molecular weight is 297 g/mol. The number of esters is 3. The lowest BCUT2D eigenvalue weighted by atomic mass is 9.88. The minimum Gasteiger partial charge on any atom is -0.458 e. The van der Waals surface area contributed by atoms with E-state index >= 15 is 0 Å². The van der Waals surface area contributed by atoms with E-state index in [0.29, 0.717) is 0 Å². The van der Waals surface area contributed by atoms with Crippen molar-refractivity contribution in [3.05, 3.63) is 0 Å². The molecule has 7 nitrogen and oxygen atoms in total. The van der Waals surface area contributed by atoms with Crippen molar-refractivity contribution in [2.24, 2.45) is 17.8 Å². The number of hydrogen-bond donors (Lipinski definition) is 1. The molecule has 1 saturated heterocycles. The van der Waals surface area contributed by atoms with Gasteiger partial charge in [0.1, 0.15) is 18.2 Å². The second-order valence-electron chi connectivity index (χ2n) is 5.98. The van der Waals surface area contributed by atoms with Crippen molar-refractivity contribution in [1.82, 2.24) is 5.32 Å². The molecule has 1 aliphatic heterocycles. The van der Waals surface area contributed by atoms with Crippen LogP contribution in [0.3, 0.4) is 0 Å². The maximum Gasteiger partial charge on any atom is 0.344 e. The molecule has 3 fully saturated rings. The van der Waals surface area contributed by atoms with Gasteiger partial charge in [-0.25, -0.2) is 4.79 Å². The molecule has 6 atom stereocenters. The van der Waals surface area contributed by atoms with E-state index in [0.717, 1.165) is 12.8 Å². The first-order valence-corrected chi connectivity index (χ1v) is 7.25. The Bertz CT molecular complexity index is 478. The molecule has 3 rings (SSSR count). The third-order valence-corrected chi connectivity index (χ3v) is 4.80. The third-order valence-electron chi connectivity index (χ3n) is 4.80. The van der Waals surface area contributed by atoms with Crippen molar-refractivity contribution in [3.8, 4) is 0 Å². The largest absolute Gasteiger partial charge is 0.458 e. The molecule has 0 amide bonds. The summed E-state index contributed by atoms with van der Waals surface area (Å²) in [5.74, 6) is -0.900. The second-order valence-corrected chi connectivity index (χ2v) is 5.98. The summed E-state index contributed by atoms with van der Waals surface area (Å²) in [4.78, 5) is 34.8. The van der Waals surface area contributed by atoms with Gasteiger partial charge in [-0.05, 0) is 26.8 Å². The predicted molar refractivity (Wildman–Crippen MR) is 68.9 cm³/mol. The Hall–Kier alpha value is -1.63. The number of rotatable bonds is 5. The molecule has 0 aromatic carbocycles. The summed E-state index contributed by atoms with van der Waals surface area (Å²) in [5.41, 5.74) is 0. The van der Waals surface area contributed by atoms with Gasteiger partial charge in [0.25, 0.3) is 0 Å². The lowest BCUT2D eigenvalue weighted by Gasteiger charge is -2.25. The van der Waals surface area contributed by atoms with Gasteiger partial charge in [-0.3, -0.25) is 9.59 Å². The first kappa shape index (κ1) is 14.3. The Morgan fingerprint density at radius 1 is 1.43 bits per heavy atom. The van der Waals surface area contributed by atoms with Crippen LogP contribution in [0.2, 0.25) is 0 Å². The third kappa shape index (κ3) is 2.39. The molecule has 3 aliphatic rings. The molecular weight excluding hydrogens is 278 g/mol. The van der Waals surface area contributed by atoms with Gasteiger partial charge in [-0.2, -0.15) is 0 Å². The number of ether oxygens (including phenoxy) is 3. The summed E-state index contributed by atoms with van der Waals surface area (Å²) in [6.07, 6.45) is 0.909. The van der Waals surface area contributed by atoms with E-state index in [1.165, 1.54) is 0 Å². The minimum absolute atomic E-state index is 0.00995. The van der Waals surface area contributed by atoms with Crippen LogP contribution in [-0.2, 0) is 28.6 Å². The highest BCUT2D eigenvalue weighted by Gasteiger charge is 2.63. The van der Waals surface area contributed by atoms with Gasteiger partial charge >= 0.3 is 17.9 Å². The van der Waals surface area contributed by atoms with Crippen molar-refractivity contribution < 1.29 is 28.6 Å². The van der Waals surface area contributed by atoms with Crippen LogP contribution in [0.5, 0.6) is 0 Å². The fourth-order valence-electron chi connectivity index (χ4n) is 3.62. The Labute approximate surface area is 122 Å². The standard InChI is InChI=1S/C14H19NO6/c1-6(15-2)13(17)19-5-10(16)20-11-7-3-8-9(4-7)14(18)21-12(8)11/h6-9,11-12,15H,3-5H2,1-2H3/t6?,7-,8?,9?,11?,12?/m0/s1. The van der Waals surface area contributed by atoms with Crippen LogP contribution in [0.4, 0.5) is 0 Å². The molecule has 0 radical (unpaired) electrons. The maximum atomic E-state index is 11.8. The number of fused-ring (bicyclic) bond motifs is 1. The van der Waals surface area contributed by atoms with Gasteiger partial charge in [-0.1, -0.05) is 0 Å². The molecule has 21 heavy (non-hydrogen) atoms. The van der Waals surface area contributed by atoms with E-state index in [2.05, 4.69) is 5.32 Å². The zero-order valence-electron chi connectivity index (χ0n) is 12.0. The molecule has 2 saturated carbocycles. The number of nitrogens with one attached hydrogen (secondary N) is 1. The fraction of sp³-hybridized carbons (Fsp3) is 0.786. The summed E-state index contributed by atoms with van der Waals surface area (Å²) in [7, 11) is 1.63.